The molecule has 1 heterocycles. The Labute approximate surface area is 139 Å². The summed E-state index contributed by atoms with van der Waals surface area (Å²) in [5.74, 6) is 0.850. The number of ether oxygens (including phenoxy) is 2. The first kappa shape index (κ1) is 17.3. The lowest BCUT2D eigenvalue weighted by Crippen LogP contribution is -2.15. The van der Waals surface area contributed by atoms with Gasteiger partial charge in [0.2, 0.25) is 11.8 Å². The van der Waals surface area contributed by atoms with Gasteiger partial charge in [-0.3, -0.25) is 9.59 Å². The topological polar surface area (TPSA) is 104 Å². The number of benzene rings is 1. The van der Waals surface area contributed by atoms with Gasteiger partial charge in [0.1, 0.15) is 5.82 Å². The zero-order valence-electron chi connectivity index (χ0n) is 13.5. The van der Waals surface area contributed by atoms with Crippen LogP contribution >= 0.6 is 0 Å². The van der Waals surface area contributed by atoms with Crippen molar-refractivity contribution in [3.63, 3.8) is 0 Å². The van der Waals surface area contributed by atoms with E-state index in [9.17, 15) is 9.59 Å². The SMILES string of the molecule is COc1cccc(CCC(=O)Nc2ccc(C(N)=O)cn2)c1OC. The van der Waals surface area contributed by atoms with Crippen LogP contribution in [-0.2, 0) is 11.2 Å². The van der Waals surface area contributed by atoms with E-state index in [-0.39, 0.29) is 17.9 Å². The van der Waals surface area contributed by atoms with Gasteiger partial charge in [0.05, 0.1) is 19.8 Å². The van der Waals surface area contributed by atoms with Crippen molar-refractivity contribution >= 4 is 17.6 Å². The summed E-state index contributed by atoms with van der Waals surface area (Å²) >= 11 is 0. The maximum Gasteiger partial charge on any atom is 0.250 e. The van der Waals surface area contributed by atoms with Crippen molar-refractivity contribution in [3.8, 4) is 11.5 Å². The number of nitrogens with zero attached hydrogens (tertiary/aromatic N) is 1. The molecule has 2 rings (SSSR count). The second-order valence-electron chi connectivity index (χ2n) is 5.00. The van der Waals surface area contributed by atoms with Gasteiger partial charge < -0.3 is 20.5 Å². The molecule has 0 saturated heterocycles. The van der Waals surface area contributed by atoms with Crippen molar-refractivity contribution < 1.29 is 19.1 Å². The second-order valence-corrected chi connectivity index (χ2v) is 5.00. The number of aromatic nitrogens is 1. The summed E-state index contributed by atoms with van der Waals surface area (Å²) in [5.41, 5.74) is 6.30. The summed E-state index contributed by atoms with van der Waals surface area (Å²) in [7, 11) is 3.13. The number of pyridine rings is 1. The Balaban J connectivity index is 1.97. The Morgan fingerprint density at radius 1 is 1.17 bits per heavy atom. The zero-order chi connectivity index (χ0) is 17.5. The molecule has 1 aromatic heterocycles. The minimum absolute atomic E-state index is 0.195. The van der Waals surface area contributed by atoms with E-state index in [0.717, 1.165) is 5.56 Å². The van der Waals surface area contributed by atoms with E-state index in [1.54, 1.807) is 20.3 Å². The second kappa shape index (κ2) is 7.96. The molecule has 0 saturated carbocycles. The standard InChI is InChI=1S/C17H19N3O4/c1-23-13-5-3-4-11(16(13)24-2)7-9-15(21)20-14-8-6-12(10-19-14)17(18)22/h3-6,8,10H,7,9H2,1-2H3,(H2,18,22)(H,19,20,21). The Morgan fingerprint density at radius 3 is 2.54 bits per heavy atom. The normalized spacial score (nSPS) is 10.1. The number of para-hydroxylation sites is 1. The summed E-state index contributed by atoms with van der Waals surface area (Å²) in [6, 6.07) is 8.57. The number of rotatable bonds is 7. The molecule has 7 nitrogen and oxygen atoms in total. The van der Waals surface area contributed by atoms with E-state index < -0.39 is 5.91 Å². The number of carbonyl (C=O) groups is 2. The highest BCUT2D eigenvalue weighted by molar-refractivity contribution is 5.93. The quantitative estimate of drug-likeness (QED) is 0.805. The number of methoxy groups -OCH3 is 2. The molecule has 0 bridgehead atoms. The van der Waals surface area contributed by atoms with Crippen LogP contribution in [0.1, 0.15) is 22.3 Å². The Kier molecular flexibility index (Phi) is 5.73. The predicted octanol–water partition coefficient (Wildman–Crippen LogP) is 1.77. The van der Waals surface area contributed by atoms with Crippen LogP contribution in [0.5, 0.6) is 11.5 Å². The molecule has 0 aliphatic carbocycles. The fourth-order valence-electron chi connectivity index (χ4n) is 2.22. The summed E-state index contributed by atoms with van der Waals surface area (Å²) in [6.07, 6.45) is 2.07. The van der Waals surface area contributed by atoms with Crippen molar-refractivity contribution in [2.75, 3.05) is 19.5 Å². The molecule has 3 N–H and O–H groups in total. The molecule has 0 aliphatic heterocycles. The Morgan fingerprint density at radius 2 is 1.96 bits per heavy atom. The maximum absolute atomic E-state index is 12.0. The number of hydrogen-bond acceptors (Lipinski definition) is 5. The number of primary amides is 1. The largest absolute Gasteiger partial charge is 0.493 e. The molecule has 7 heteroatoms. The van der Waals surface area contributed by atoms with Crippen molar-refractivity contribution in [1.29, 1.82) is 0 Å². The molecule has 0 fully saturated rings. The monoisotopic (exact) mass is 329 g/mol. The van der Waals surface area contributed by atoms with Crippen molar-refractivity contribution in [1.82, 2.24) is 4.98 Å². The number of anilines is 1. The summed E-state index contributed by atoms with van der Waals surface area (Å²) in [6.45, 7) is 0. The number of nitrogens with two attached hydrogens (primary N) is 1. The molecule has 2 aromatic rings. The molecular formula is C17H19N3O4. The van der Waals surface area contributed by atoms with Gasteiger partial charge in [-0.2, -0.15) is 0 Å². The van der Waals surface area contributed by atoms with Crippen molar-refractivity contribution in [2.45, 2.75) is 12.8 Å². The van der Waals surface area contributed by atoms with Gasteiger partial charge in [-0.1, -0.05) is 12.1 Å². The molecular weight excluding hydrogens is 310 g/mol. The smallest absolute Gasteiger partial charge is 0.250 e. The van der Waals surface area contributed by atoms with Crippen molar-refractivity contribution in [2.24, 2.45) is 5.73 Å². The number of nitrogens with one attached hydrogen (secondary N) is 1. The average Bonchev–Trinajstić information content (AvgIpc) is 2.59. The lowest BCUT2D eigenvalue weighted by Gasteiger charge is -2.12. The van der Waals surface area contributed by atoms with Crippen LogP contribution in [0, 0.1) is 0 Å². The van der Waals surface area contributed by atoms with E-state index in [4.69, 9.17) is 15.2 Å². The third-order valence-electron chi connectivity index (χ3n) is 3.42. The van der Waals surface area contributed by atoms with Crippen LogP contribution < -0.4 is 20.5 Å². The molecule has 0 unspecified atom stereocenters. The van der Waals surface area contributed by atoms with Crippen molar-refractivity contribution in [3.05, 3.63) is 47.7 Å². The van der Waals surface area contributed by atoms with Gasteiger partial charge in [-0.15, -0.1) is 0 Å². The summed E-state index contributed by atoms with van der Waals surface area (Å²) in [5, 5.41) is 2.67. The average molecular weight is 329 g/mol. The molecule has 126 valence electrons. The van der Waals surface area contributed by atoms with E-state index in [2.05, 4.69) is 10.3 Å². The van der Waals surface area contributed by atoms with E-state index in [1.165, 1.54) is 18.3 Å². The molecule has 0 spiro atoms. The van der Waals surface area contributed by atoms with Gasteiger partial charge in [-0.05, 0) is 30.2 Å². The van der Waals surface area contributed by atoms with Gasteiger partial charge >= 0.3 is 0 Å². The maximum atomic E-state index is 12.0. The van der Waals surface area contributed by atoms with Crippen LogP contribution in [0.15, 0.2) is 36.5 Å². The first-order chi connectivity index (χ1) is 11.5. The van der Waals surface area contributed by atoms with E-state index in [0.29, 0.717) is 23.7 Å². The highest BCUT2D eigenvalue weighted by Crippen LogP contribution is 2.31. The third kappa shape index (κ3) is 4.22. The Bertz CT molecular complexity index is 729. The van der Waals surface area contributed by atoms with E-state index >= 15 is 0 Å². The number of aryl methyl sites for hydroxylation is 1. The van der Waals surface area contributed by atoms with Crippen LogP contribution in [-0.4, -0.2) is 31.0 Å². The summed E-state index contributed by atoms with van der Waals surface area (Å²) in [4.78, 5) is 27.0. The fourth-order valence-corrected chi connectivity index (χ4v) is 2.22. The fraction of sp³-hybridized carbons (Fsp3) is 0.235. The van der Waals surface area contributed by atoms with Crippen LogP contribution in [0.2, 0.25) is 0 Å². The lowest BCUT2D eigenvalue weighted by atomic mass is 10.1. The van der Waals surface area contributed by atoms with Gasteiger partial charge in [0, 0.05) is 12.6 Å². The highest BCUT2D eigenvalue weighted by Gasteiger charge is 2.11. The first-order valence-corrected chi connectivity index (χ1v) is 7.30. The molecule has 0 aliphatic rings. The van der Waals surface area contributed by atoms with E-state index in [1.807, 2.05) is 12.1 Å². The minimum Gasteiger partial charge on any atom is -0.493 e. The minimum atomic E-state index is -0.564. The van der Waals surface area contributed by atoms with Gasteiger partial charge in [0.25, 0.3) is 0 Å². The van der Waals surface area contributed by atoms with Crippen LogP contribution in [0.4, 0.5) is 5.82 Å². The molecule has 0 radical (unpaired) electrons. The molecule has 2 amide bonds. The number of carbonyl (C=O) groups excluding carboxylic acids is 2. The first-order valence-electron chi connectivity index (χ1n) is 7.30. The zero-order valence-corrected chi connectivity index (χ0v) is 13.5. The van der Waals surface area contributed by atoms with Crippen LogP contribution in [0.3, 0.4) is 0 Å². The third-order valence-corrected chi connectivity index (χ3v) is 3.42. The molecule has 0 atom stereocenters. The highest BCUT2D eigenvalue weighted by atomic mass is 16.5. The van der Waals surface area contributed by atoms with Gasteiger partial charge in [0.15, 0.2) is 11.5 Å². The van der Waals surface area contributed by atoms with Crippen LogP contribution in [0.25, 0.3) is 0 Å². The predicted molar refractivity (Wildman–Crippen MR) is 89.3 cm³/mol. The Hall–Kier alpha value is -3.09. The number of hydrogen-bond donors (Lipinski definition) is 2. The molecule has 1 aromatic carbocycles. The molecule has 24 heavy (non-hydrogen) atoms. The van der Waals surface area contributed by atoms with Gasteiger partial charge in [-0.25, -0.2) is 4.98 Å². The summed E-state index contributed by atoms with van der Waals surface area (Å²) < 4.78 is 10.6. The number of amides is 2. The lowest BCUT2D eigenvalue weighted by molar-refractivity contribution is -0.116.